The van der Waals surface area contributed by atoms with E-state index in [4.69, 9.17) is 9.47 Å². The second-order valence-electron chi connectivity index (χ2n) is 7.55. The number of rotatable bonds is 7. The van der Waals surface area contributed by atoms with Crippen LogP contribution < -0.4 is 5.32 Å². The first-order valence-electron chi connectivity index (χ1n) is 9.35. The number of carbonyl (C=O) groups excluding carboxylic acids is 1. The molecular weight excluding hydrogens is 388 g/mol. The molecule has 0 fully saturated rings. The van der Waals surface area contributed by atoms with Gasteiger partial charge in [-0.25, -0.2) is 4.79 Å². The standard InChI is InChI=1S/C21H26N4O3S/c1-21(2,3)28-20(26)22-17(14-27-13-15-8-6-5-7-9-15)19-24-23-18-11-10-16(29-4)12-25(18)19/h5-12,17H,13-14H2,1-4H3,(H,22,26)/t17-/m1/s1. The second kappa shape index (κ2) is 9.28. The van der Waals surface area contributed by atoms with Gasteiger partial charge in [-0.05, 0) is 44.7 Å². The minimum atomic E-state index is -0.599. The molecule has 1 amide bonds. The van der Waals surface area contributed by atoms with E-state index in [1.165, 1.54) is 0 Å². The van der Waals surface area contributed by atoms with Gasteiger partial charge < -0.3 is 14.8 Å². The van der Waals surface area contributed by atoms with E-state index in [1.807, 2.05) is 80.1 Å². The molecule has 0 saturated heterocycles. The molecule has 1 atom stereocenters. The smallest absolute Gasteiger partial charge is 0.408 e. The Labute approximate surface area is 174 Å². The van der Waals surface area contributed by atoms with Crippen molar-refractivity contribution in [2.24, 2.45) is 0 Å². The quantitative estimate of drug-likeness (QED) is 0.583. The SMILES string of the molecule is CSc1ccc2nnc([C@@H](COCc3ccccc3)NC(=O)OC(C)(C)C)n2c1. The summed E-state index contributed by atoms with van der Waals surface area (Å²) in [6, 6.07) is 13.2. The van der Waals surface area contributed by atoms with Gasteiger partial charge >= 0.3 is 6.09 Å². The van der Waals surface area contributed by atoms with Crippen LogP contribution in [0.3, 0.4) is 0 Å². The van der Waals surface area contributed by atoms with Crippen molar-refractivity contribution in [3.05, 3.63) is 60.0 Å². The van der Waals surface area contributed by atoms with E-state index >= 15 is 0 Å². The van der Waals surface area contributed by atoms with Crippen LogP contribution in [0.5, 0.6) is 0 Å². The van der Waals surface area contributed by atoms with E-state index in [-0.39, 0.29) is 6.61 Å². The van der Waals surface area contributed by atoms with Gasteiger partial charge in [0.2, 0.25) is 0 Å². The predicted molar refractivity (Wildman–Crippen MR) is 113 cm³/mol. The maximum absolute atomic E-state index is 12.4. The zero-order valence-electron chi connectivity index (χ0n) is 17.1. The zero-order valence-corrected chi connectivity index (χ0v) is 17.9. The van der Waals surface area contributed by atoms with Crippen LogP contribution in [0.1, 0.15) is 38.2 Å². The molecule has 0 aliphatic carbocycles. The fraction of sp³-hybridized carbons (Fsp3) is 0.381. The number of nitrogens with one attached hydrogen (secondary N) is 1. The highest BCUT2D eigenvalue weighted by atomic mass is 32.2. The van der Waals surface area contributed by atoms with Crippen molar-refractivity contribution in [3.8, 4) is 0 Å². The Morgan fingerprint density at radius 3 is 2.62 bits per heavy atom. The molecule has 8 heteroatoms. The molecule has 2 aromatic heterocycles. The van der Waals surface area contributed by atoms with Gasteiger partial charge in [0, 0.05) is 11.1 Å². The number of thioether (sulfide) groups is 1. The minimum absolute atomic E-state index is 0.235. The molecule has 0 spiro atoms. The van der Waals surface area contributed by atoms with Crippen molar-refractivity contribution in [1.29, 1.82) is 0 Å². The summed E-state index contributed by atoms with van der Waals surface area (Å²) in [5.74, 6) is 0.592. The number of pyridine rings is 1. The maximum atomic E-state index is 12.4. The number of nitrogens with zero attached hydrogens (tertiary/aromatic N) is 3. The molecule has 1 aromatic carbocycles. The summed E-state index contributed by atoms with van der Waals surface area (Å²) in [7, 11) is 0. The number of amides is 1. The van der Waals surface area contributed by atoms with E-state index in [0.29, 0.717) is 18.1 Å². The summed E-state index contributed by atoms with van der Waals surface area (Å²) in [6.07, 6.45) is 3.43. The third-order valence-electron chi connectivity index (χ3n) is 4.04. The first-order valence-corrected chi connectivity index (χ1v) is 10.6. The minimum Gasteiger partial charge on any atom is -0.444 e. The number of carbonyl (C=O) groups is 1. The van der Waals surface area contributed by atoms with Gasteiger partial charge in [-0.1, -0.05) is 30.3 Å². The van der Waals surface area contributed by atoms with E-state index in [9.17, 15) is 4.79 Å². The topological polar surface area (TPSA) is 77.8 Å². The molecule has 0 aliphatic heterocycles. The van der Waals surface area contributed by atoms with Crippen LogP contribution in [0.15, 0.2) is 53.6 Å². The summed E-state index contributed by atoms with van der Waals surface area (Å²) >= 11 is 1.62. The fourth-order valence-electron chi connectivity index (χ4n) is 2.75. The van der Waals surface area contributed by atoms with Crippen molar-refractivity contribution in [1.82, 2.24) is 19.9 Å². The molecule has 0 radical (unpaired) electrons. The highest BCUT2D eigenvalue weighted by Crippen LogP contribution is 2.20. The van der Waals surface area contributed by atoms with Crippen molar-refractivity contribution in [2.75, 3.05) is 12.9 Å². The highest BCUT2D eigenvalue weighted by Gasteiger charge is 2.24. The summed E-state index contributed by atoms with van der Waals surface area (Å²) in [4.78, 5) is 13.5. The molecule has 154 valence electrons. The monoisotopic (exact) mass is 414 g/mol. The molecule has 0 aliphatic rings. The lowest BCUT2D eigenvalue weighted by Gasteiger charge is -2.23. The Morgan fingerprint density at radius 1 is 1.17 bits per heavy atom. The second-order valence-corrected chi connectivity index (χ2v) is 8.43. The number of alkyl carbamates (subject to hydrolysis) is 1. The Bertz CT molecular complexity index is 953. The van der Waals surface area contributed by atoms with Crippen molar-refractivity contribution in [2.45, 2.75) is 43.9 Å². The van der Waals surface area contributed by atoms with Crippen LogP contribution in [-0.2, 0) is 16.1 Å². The number of ether oxygens (including phenoxy) is 2. The molecule has 29 heavy (non-hydrogen) atoms. The third-order valence-corrected chi connectivity index (χ3v) is 4.75. The van der Waals surface area contributed by atoms with Gasteiger partial charge in [0.1, 0.15) is 11.6 Å². The zero-order chi connectivity index (χ0) is 20.9. The number of benzene rings is 1. The van der Waals surface area contributed by atoms with Gasteiger partial charge in [-0.3, -0.25) is 4.40 Å². The lowest BCUT2D eigenvalue weighted by molar-refractivity contribution is 0.0420. The van der Waals surface area contributed by atoms with Gasteiger partial charge in [0.05, 0.1) is 13.2 Å². The van der Waals surface area contributed by atoms with E-state index < -0.39 is 17.7 Å². The van der Waals surface area contributed by atoms with E-state index in [0.717, 1.165) is 10.5 Å². The molecule has 3 rings (SSSR count). The molecule has 2 heterocycles. The van der Waals surface area contributed by atoms with Crippen LogP contribution in [0.2, 0.25) is 0 Å². The van der Waals surface area contributed by atoms with Crippen LogP contribution in [0.4, 0.5) is 4.79 Å². The number of fused-ring (bicyclic) bond motifs is 1. The highest BCUT2D eigenvalue weighted by molar-refractivity contribution is 7.98. The first kappa shape index (κ1) is 21.1. The summed E-state index contributed by atoms with van der Waals surface area (Å²) in [6.45, 7) is 6.14. The average Bonchev–Trinajstić information content (AvgIpc) is 3.09. The first-order chi connectivity index (χ1) is 13.9. The normalized spacial score (nSPS) is 12.7. The molecular formula is C21H26N4O3S. The molecule has 0 saturated carbocycles. The Hall–Kier alpha value is -2.58. The van der Waals surface area contributed by atoms with Crippen molar-refractivity contribution in [3.63, 3.8) is 0 Å². The largest absolute Gasteiger partial charge is 0.444 e. The van der Waals surface area contributed by atoms with Crippen molar-refractivity contribution >= 4 is 23.5 Å². The summed E-state index contributed by atoms with van der Waals surface area (Å²) in [5.41, 5.74) is 1.16. The third kappa shape index (κ3) is 5.95. The van der Waals surface area contributed by atoms with Gasteiger partial charge in [-0.15, -0.1) is 22.0 Å². The lowest BCUT2D eigenvalue weighted by atomic mass is 10.2. The van der Waals surface area contributed by atoms with Crippen LogP contribution in [0, 0.1) is 0 Å². The Balaban J connectivity index is 1.81. The molecule has 1 N–H and O–H groups in total. The van der Waals surface area contributed by atoms with Crippen LogP contribution in [0.25, 0.3) is 5.65 Å². The van der Waals surface area contributed by atoms with Crippen LogP contribution >= 0.6 is 11.8 Å². The average molecular weight is 415 g/mol. The van der Waals surface area contributed by atoms with Crippen LogP contribution in [-0.4, -0.2) is 39.2 Å². The number of hydrogen-bond donors (Lipinski definition) is 1. The number of hydrogen-bond acceptors (Lipinski definition) is 6. The Kier molecular flexibility index (Phi) is 6.76. The lowest BCUT2D eigenvalue weighted by Crippen LogP contribution is -2.37. The predicted octanol–water partition coefficient (Wildman–Crippen LogP) is 4.23. The van der Waals surface area contributed by atoms with Gasteiger partial charge in [0.15, 0.2) is 11.5 Å². The molecule has 3 aromatic rings. The van der Waals surface area contributed by atoms with E-state index in [1.54, 1.807) is 11.8 Å². The van der Waals surface area contributed by atoms with Crippen molar-refractivity contribution < 1.29 is 14.3 Å². The van der Waals surface area contributed by atoms with Gasteiger partial charge in [0.25, 0.3) is 0 Å². The fourth-order valence-corrected chi connectivity index (χ4v) is 3.16. The van der Waals surface area contributed by atoms with E-state index in [2.05, 4.69) is 15.5 Å². The summed E-state index contributed by atoms with van der Waals surface area (Å²) < 4.78 is 13.2. The maximum Gasteiger partial charge on any atom is 0.408 e. The number of aromatic nitrogens is 3. The summed E-state index contributed by atoms with van der Waals surface area (Å²) in [5, 5.41) is 11.4. The molecule has 0 unspecified atom stereocenters. The molecule has 0 bridgehead atoms. The van der Waals surface area contributed by atoms with Gasteiger partial charge in [-0.2, -0.15) is 0 Å². The molecule has 7 nitrogen and oxygen atoms in total. The Morgan fingerprint density at radius 2 is 1.93 bits per heavy atom.